The lowest BCUT2D eigenvalue weighted by Gasteiger charge is -2.24. The van der Waals surface area contributed by atoms with Crippen LogP contribution in [0.25, 0.3) is 0 Å². The molecule has 47 heavy (non-hydrogen) atoms. The first-order valence-corrected chi connectivity index (χ1v) is 17.7. The first-order valence-electron chi connectivity index (χ1n) is 17.7. The van der Waals surface area contributed by atoms with E-state index in [0.29, 0.717) is 43.2 Å². The number of carbonyl (C=O) groups is 3. The minimum Gasteiger partial charge on any atom is -0.481 e. The highest BCUT2D eigenvalue weighted by molar-refractivity contribution is 5.76. The largest absolute Gasteiger partial charge is 0.481 e. The third kappa shape index (κ3) is 15.5. The molecule has 1 N–H and O–H groups in total. The van der Waals surface area contributed by atoms with Gasteiger partial charge in [0.15, 0.2) is 0 Å². The molecule has 2 saturated heterocycles. The summed E-state index contributed by atoms with van der Waals surface area (Å²) in [5, 5.41) is 8.44. The van der Waals surface area contributed by atoms with Crippen LogP contribution in [-0.2, 0) is 38.7 Å². The summed E-state index contributed by atoms with van der Waals surface area (Å²) in [6, 6.07) is 10.7. The van der Waals surface area contributed by atoms with E-state index in [0.717, 1.165) is 38.7 Å². The van der Waals surface area contributed by atoms with E-state index in [1.807, 2.05) is 48.5 Å². The zero-order chi connectivity index (χ0) is 36.1. The van der Waals surface area contributed by atoms with Gasteiger partial charge in [-0.2, -0.15) is 0 Å². The van der Waals surface area contributed by atoms with Crippen LogP contribution >= 0.6 is 0 Å². The van der Waals surface area contributed by atoms with Crippen LogP contribution in [0.15, 0.2) is 30.3 Å². The highest BCUT2D eigenvalue weighted by atomic mass is 16.6. The maximum absolute atomic E-state index is 11.8. The van der Waals surface area contributed by atoms with Crippen LogP contribution in [-0.4, -0.2) is 61.1 Å². The van der Waals surface area contributed by atoms with Crippen LogP contribution in [0.1, 0.15) is 134 Å². The van der Waals surface area contributed by atoms with Gasteiger partial charge in [0.25, 0.3) is 0 Å². The number of hydrogen-bond acceptors (Lipinski definition) is 7. The third-order valence-corrected chi connectivity index (χ3v) is 10.1. The maximum atomic E-state index is 11.8. The average molecular weight is 663 g/mol. The summed E-state index contributed by atoms with van der Waals surface area (Å²) in [4.78, 5) is 33.4. The summed E-state index contributed by atoms with van der Waals surface area (Å²) in [5.41, 5.74) is 0.533. The molecule has 0 radical (unpaired) electrons. The van der Waals surface area contributed by atoms with Crippen molar-refractivity contribution in [1.82, 2.24) is 0 Å². The van der Waals surface area contributed by atoms with Gasteiger partial charge in [0, 0.05) is 0 Å². The van der Waals surface area contributed by atoms with Crippen LogP contribution < -0.4 is 0 Å². The van der Waals surface area contributed by atoms with E-state index in [2.05, 4.69) is 51.1 Å². The lowest BCUT2D eigenvalue weighted by Crippen LogP contribution is -2.29. The van der Waals surface area contributed by atoms with Crippen LogP contribution in [0.3, 0.4) is 0 Å². The molecule has 270 valence electrons. The summed E-state index contributed by atoms with van der Waals surface area (Å²) < 4.78 is 20.9. The highest BCUT2D eigenvalue weighted by Gasteiger charge is 2.44. The fourth-order valence-electron chi connectivity index (χ4n) is 4.09. The lowest BCUT2D eigenvalue weighted by molar-refractivity contribution is -0.156. The number of epoxide rings is 2. The Labute approximate surface area is 285 Å². The maximum Gasteiger partial charge on any atom is 0.311 e. The van der Waals surface area contributed by atoms with Gasteiger partial charge in [0.2, 0.25) is 0 Å². The van der Waals surface area contributed by atoms with Crippen molar-refractivity contribution in [3.63, 3.8) is 0 Å². The molecule has 1 saturated carbocycles. The second-order valence-electron chi connectivity index (χ2n) is 15.7. The SMILES string of the molecule is CCC(C)(C)C(=O)O.CCC(C)(C)C(=O)OCC1CCC2OC2C1.CCC(C)(C)C(=O)OCC1CO1.CCC(C)(C)c1ccccc1. The lowest BCUT2D eigenvalue weighted by atomic mass is 9.82. The molecule has 0 bridgehead atoms. The van der Waals surface area contributed by atoms with Gasteiger partial charge in [0.05, 0.1) is 41.7 Å². The van der Waals surface area contributed by atoms with Crippen molar-refractivity contribution in [1.29, 1.82) is 0 Å². The zero-order valence-corrected chi connectivity index (χ0v) is 31.6. The fraction of sp³-hybridized carbons (Fsp3) is 0.769. The van der Waals surface area contributed by atoms with Gasteiger partial charge < -0.3 is 24.1 Å². The topological polar surface area (TPSA) is 115 Å². The van der Waals surface area contributed by atoms with Gasteiger partial charge >= 0.3 is 17.9 Å². The van der Waals surface area contributed by atoms with Crippen LogP contribution in [0.5, 0.6) is 0 Å². The van der Waals surface area contributed by atoms with Gasteiger partial charge in [-0.1, -0.05) is 71.9 Å². The van der Waals surface area contributed by atoms with Gasteiger partial charge in [0.1, 0.15) is 12.7 Å². The standard InChI is InChI=1S/C13H22O3.C11H16.C9H16O3.C6H12O2/c1-4-13(2,3)12(14)15-8-9-5-6-10-11(7-9)16-10;1-4-11(2,3)10-8-6-5-7-9-10;1-4-9(2,3)8(10)12-6-7-5-11-7;1-4-6(2,3)5(7)8/h9-11H,4-8H2,1-3H3;5-9H,4H2,1-3H3;7H,4-6H2,1-3H3;4H2,1-3H3,(H,7,8). The van der Waals surface area contributed by atoms with Crippen molar-refractivity contribution in [3.05, 3.63) is 35.9 Å². The Balaban J connectivity index is 0.000000323. The van der Waals surface area contributed by atoms with Crippen molar-refractivity contribution in [2.24, 2.45) is 22.2 Å². The molecule has 4 rings (SSSR count). The minimum absolute atomic E-state index is 0.0613. The van der Waals surface area contributed by atoms with E-state index in [4.69, 9.17) is 24.1 Å². The molecule has 4 atom stereocenters. The molecule has 8 nitrogen and oxygen atoms in total. The molecule has 3 aliphatic rings. The Morgan fingerprint density at radius 2 is 1.21 bits per heavy atom. The second kappa shape index (κ2) is 18.9. The van der Waals surface area contributed by atoms with E-state index in [9.17, 15) is 14.4 Å². The van der Waals surface area contributed by atoms with E-state index in [1.165, 1.54) is 12.0 Å². The Morgan fingerprint density at radius 1 is 0.723 bits per heavy atom. The van der Waals surface area contributed by atoms with Crippen molar-refractivity contribution >= 4 is 17.9 Å². The Morgan fingerprint density at radius 3 is 1.60 bits per heavy atom. The second-order valence-corrected chi connectivity index (χ2v) is 15.7. The molecule has 2 heterocycles. The first kappa shape index (κ1) is 42.6. The zero-order valence-electron chi connectivity index (χ0n) is 31.6. The number of benzene rings is 1. The average Bonchev–Trinajstić information content (AvgIpc) is 3.99. The number of ether oxygens (including phenoxy) is 4. The van der Waals surface area contributed by atoms with Crippen LogP contribution in [0.4, 0.5) is 0 Å². The summed E-state index contributed by atoms with van der Waals surface area (Å²) in [6.45, 7) is 25.5. The van der Waals surface area contributed by atoms with E-state index in [1.54, 1.807) is 13.8 Å². The number of carboxylic acids is 1. The molecular weight excluding hydrogens is 596 g/mol. The number of hydrogen-bond donors (Lipinski definition) is 1. The molecule has 4 unspecified atom stereocenters. The summed E-state index contributed by atoms with van der Waals surface area (Å²) in [7, 11) is 0. The van der Waals surface area contributed by atoms with Gasteiger partial charge in [-0.05, 0) is 103 Å². The molecular formula is C39H66O8. The molecule has 0 spiro atoms. The Kier molecular flexibility index (Phi) is 17.1. The number of rotatable bonds is 12. The molecule has 1 aromatic carbocycles. The number of carbonyl (C=O) groups excluding carboxylic acids is 2. The quantitative estimate of drug-likeness (QED) is 0.174. The first-order chi connectivity index (χ1) is 21.8. The van der Waals surface area contributed by atoms with Crippen LogP contribution in [0, 0.1) is 22.2 Å². The number of fused-ring (bicyclic) bond motifs is 1. The monoisotopic (exact) mass is 662 g/mol. The smallest absolute Gasteiger partial charge is 0.311 e. The molecule has 1 aromatic rings. The number of carboxylic acid groups (broad SMARTS) is 1. The third-order valence-electron chi connectivity index (χ3n) is 10.1. The van der Waals surface area contributed by atoms with Crippen molar-refractivity contribution in [2.75, 3.05) is 19.8 Å². The number of aliphatic carboxylic acids is 1. The van der Waals surface area contributed by atoms with Gasteiger partial charge in [-0.15, -0.1) is 0 Å². The molecule has 0 amide bonds. The highest BCUT2D eigenvalue weighted by Crippen LogP contribution is 2.39. The van der Waals surface area contributed by atoms with Gasteiger partial charge in [-0.3, -0.25) is 14.4 Å². The fourth-order valence-corrected chi connectivity index (χ4v) is 4.09. The predicted molar refractivity (Wildman–Crippen MR) is 187 cm³/mol. The molecule has 1 aliphatic carbocycles. The Hall–Kier alpha value is -2.45. The van der Waals surface area contributed by atoms with E-state index in [-0.39, 0.29) is 28.9 Å². The van der Waals surface area contributed by atoms with Crippen LogP contribution in [0.2, 0.25) is 0 Å². The summed E-state index contributed by atoms with van der Waals surface area (Å²) in [5.74, 6) is -0.394. The van der Waals surface area contributed by atoms with Crippen molar-refractivity contribution in [2.45, 2.75) is 152 Å². The Bertz CT molecular complexity index is 1090. The molecule has 3 fully saturated rings. The predicted octanol–water partition coefficient (Wildman–Crippen LogP) is 8.78. The summed E-state index contributed by atoms with van der Waals surface area (Å²) >= 11 is 0. The normalized spacial score (nSPS) is 21.5. The van der Waals surface area contributed by atoms with Crippen molar-refractivity contribution in [3.8, 4) is 0 Å². The van der Waals surface area contributed by atoms with E-state index >= 15 is 0 Å². The molecule has 8 heteroatoms. The molecule has 0 aromatic heterocycles. The summed E-state index contributed by atoms with van der Waals surface area (Å²) in [6.07, 6.45) is 8.02. The van der Waals surface area contributed by atoms with Crippen molar-refractivity contribution < 1.29 is 38.4 Å². The van der Waals surface area contributed by atoms with Gasteiger partial charge in [-0.25, -0.2) is 0 Å². The molecule has 2 aliphatic heterocycles. The number of esters is 2. The minimum atomic E-state index is -0.722. The van der Waals surface area contributed by atoms with E-state index < -0.39 is 11.4 Å².